The van der Waals surface area contributed by atoms with Gasteiger partial charge in [0.15, 0.2) is 0 Å². The molecule has 0 fully saturated rings. The fourth-order valence-electron chi connectivity index (χ4n) is 3.33. The normalized spacial score (nSPS) is 11.1. The summed E-state index contributed by atoms with van der Waals surface area (Å²) in [5.41, 5.74) is 0. The third kappa shape index (κ3) is 4.94. The summed E-state index contributed by atoms with van der Waals surface area (Å²) in [6, 6.07) is 31.9. The fourth-order valence-corrected chi connectivity index (χ4v) is 7.58. The van der Waals surface area contributed by atoms with Crippen LogP contribution in [0.2, 0.25) is 0 Å². The van der Waals surface area contributed by atoms with Gasteiger partial charge in [-0.2, -0.15) is 0 Å². The summed E-state index contributed by atoms with van der Waals surface area (Å²) in [6.07, 6.45) is 4.63. The van der Waals surface area contributed by atoms with Gasteiger partial charge in [-0.25, -0.2) is 4.79 Å². The minimum atomic E-state index is -1.86. The van der Waals surface area contributed by atoms with Crippen LogP contribution in [0.4, 0.5) is 0 Å². The van der Waals surface area contributed by atoms with Gasteiger partial charge in [-0.3, -0.25) is 0 Å². The fraction of sp³-hybridized carbons (Fsp3) is 0.0870. The summed E-state index contributed by atoms with van der Waals surface area (Å²) in [6.45, 7) is 0. The van der Waals surface area contributed by atoms with Crippen molar-refractivity contribution >= 4 is 29.1 Å². The quantitative estimate of drug-likeness (QED) is 0.439. The highest BCUT2D eigenvalue weighted by Gasteiger charge is 2.44. The van der Waals surface area contributed by atoms with Gasteiger partial charge in [0.2, 0.25) is 0 Å². The smallest absolute Gasteiger partial charge is 0.327 e. The van der Waals surface area contributed by atoms with E-state index >= 15 is 0 Å². The molecule has 0 unspecified atom stereocenters. The summed E-state index contributed by atoms with van der Waals surface area (Å²) < 4.78 is 0. The van der Waals surface area contributed by atoms with Crippen molar-refractivity contribution in [1.82, 2.24) is 0 Å². The maximum atomic E-state index is 10.9. The van der Waals surface area contributed by atoms with Crippen molar-refractivity contribution in [3.05, 3.63) is 103 Å². The highest BCUT2D eigenvalue weighted by molar-refractivity contribution is 7.95. The molecule has 0 aliphatic rings. The number of carboxylic acids is 1. The first-order valence-corrected chi connectivity index (χ1v) is 10.7. The number of halogens is 1. The molecule has 0 heterocycles. The monoisotopic (exact) mass is 440 g/mol. The molecule has 0 aromatic heterocycles. The van der Waals surface area contributed by atoms with Gasteiger partial charge in [0.25, 0.3) is 0 Å². The van der Waals surface area contributed by atoms with E-state index in [4.69, 9.17) is 5.11 Å². The van der Waals surface area contributed by atoms with Gasteiger partial charge < -0.3 is 22.1 Å². The second kappa shape index (κ2) is 10.2. The minimum Gasteiger partial charge on any atom is -1.00 e. The van der Waals surface area contributed by atoms with Gasteiger partial charge in [-0.1, -0.05) is 60.7 Å². The molecule has 2 nitrogen and oxygen atoms in total. The Bertz CT molecular complexity index is 768. The van der Waals surface area contributed by atoms with Crippen LogP contribution < -0.4 is 32.9 Å². The molecule has 1 N–H and O–H groups in total. The van der Waals surface area contributed by atoms with Crippen molar-refractivity contribution in [1.29, 1.82) is 0 Å². The van der Waals surface area contributed by atoms with Gasteiger partial charge in [-0.15, -0.1) is 0 Å². The maximum Gasteiger partial charge on any atom is 0.327 e. The lowest BCUT2D eigenvalue weighted by molar-refractivity contribution is -0.131. The van der Waals surface area contributed by atoms with Crippen molar-refractivity contribution in [2.45, 2.75) is 6.42 Å². The van der Waals surface area contributed by atoms with Crippen LogP contribution in [0, 0.1) is 0 Å². The molecule has 138 valence electrons. The number of benzene rings is 3. The van der Waals surface area contributed by atoms with Crippen LogP contribution in [0.5, 0.6) is 0 Å². The summed E-state index contributed by atoms with van der Waals surface area (Å²) in [7, 11) is -1.86. The number of hydrogen-bond acceptors (Lipinski definition) is 1. The number of allylic oxidation sites excluding steroid dienone is 1. The molecule has 0 aliphatic carbocycles. The van der Waals surface area contributed by atoms with Gasteiger partial charge in [0.1, 0.15) is 23.2 Å². The molecule has 3 aromatic carbocycles. The standard InChI is InChI=1S/C23H21O2P.BrH/c24-23(25)18-10-11-19-26(20-12-4-1-5-13-20,21-14-6-2-7-15-21)22-16-8-3-9-17-22;/h1-10,12-18H,11,19H2;1H/b18-10+;. The van der Waals surface area contributed by atoms with E-state index in [9.17, 15) is 4.79 Å². The van der Waals surface area contributed by atoms with Crippen molar-refractivity contribution in [3.8, 4) is 0 Å². The Morgan fingerprint density at radius 1 is 0.741 bits per heavy atom. The maximum absolute atomic E-state index is 10.9. The second-order valence-electron chi connectivity index (χ2n) is 6.07. The zero-order valence-corrected chi connectivity index (χ0v) is 17.4. The first-order chi connectivity index (χ1) is 12.7. The molecule has 27 heavy (non-hydrogen) atoms. The first-order valence-electron chi connectivity index (χ1n) is 8.68. The van der Waals surface area contributed by atoms with Gasteiger partial charge >= 0.3 is 5.97 Å². The Kier molecular flexibility index (Phi) is 7.97. The van der Waals surface area contributed by atoms with E-state index in [-0.39, 0.29) is 17.0 Å². The summed E-state index contributed by atoms with van der Waals surface area (Å²) >= 11 is 0. The van der Waals surface area contributed by atoms with Gasteiger partial charge in [-0.05, 0) is 36.4 Å². The number of rotatable bonds is 7. The molecule has 0 saturated carbocycles. The lowest BCUT2D eigenvalue weighted by Crippen LogP contribution is -3.00. The number of hydrogen-bond donors (Lipinski definition) is 1. The van der Waals surface area contributed by atoms with Crippen molar-refractivity contribution in [2.24, 2.45) is 0 Å². The summed E-state index contributed by atoms with van der Waals surface area (Å²) in [5, 5.41) is 12.9. The van der Waals surface area contributed by atoms with Crippen molar-refractivity contribution < 1.29 is 26.9 Å². The Hall–Kier alpha value is -2.22. The zero-order chi connectivity index (χ0) is 18.2. The average Bonchev–Trinajstić information content (AvgIpc) is 2.70. The number of carboxylic acid groups (broad SMARTS) is 1. The van der Waals surface area contributed by atoms with Crippen LogP contribution in [0.25, 0.3) is 0 Å². The predicted octanol–water partition coefficient (Wildman–Crippen LogP) is 1.02. The van der Waals surface area contributed by atoms with E-state index in [0.29, 0.717) is 0 Å². The summed E-state index contributed by atoms with van der Waals surface area (Å²) in [5.74, 6) is -0.895. The minimum absolute atomic E-state index is 0. The van der Waals surface area contributed by atoms with Crippen LogP contribution in [0.1, 0.15) is 6.42 Å². The highest BCUT2D eigenvalue weighted by atomic mass is 79.9. The van der Waals surface area contributed by atoms with Gasteiger partial charge in [0.05, 0.1) is 6.16 Å². The Labute approximate surface area is 171 Å². The lowest BCUT2D eigenvalue weighted by atomic mass is 10.3. The third-order valence-electron chi connectivity index (χ3n) is 4.48. The highest BCUT2D eigenvalue weighted by Crippen LogP contribution is 2.55. The van der Waals surface area contributed by atoms with Crippen molar-refractivity contribution in [2.75, 3.05) is 6.16 Å². The van der Waals surface area contributed by atoms with Crippen LogP contribution in [-0.4, -0.2) is 17.2 Å². The summed E-state index contributed by atoms with van der Waals surface area (Å²) in [4.78, 5) is 10.9. The molecular weight excluding hydrogens is 419 g/mol. The second-order valence-corrected chi connectivity index (χ2v) is 9.69. The van der Waals surface area contributed by atoms with E-state index in [0.717, 1.165) is 12.6 Å². The Morgan fingerprint density at radius 2 is 1.11 bits per heavy atom. The van der Waals surface area contributed by atoms with Crippen molar-refractivity contribution in [3.63, 3.8) is 0 Å². The average molecular weight is 441 g/mol. The van der Waals surface area contributed by atoms with Crippen LogP contribution in [0.3, 0.4) is 0 Å². The molecule has 3 rings (SSSR count). The lowest BCUT2D eigenvalue weighted by Gasteiger charge is -2.27. The predicted molar refractivity (Wildman–Crippen MR) is 111 cm³/mol. The van der Waals surface area contributed by atoms with Crippen LogP contribution in [-0.2, 0) is 4.79 Å². The first kappa shape index (κ1) is 21.1. The Balaban J connectivity index is 0.00000261. The molecule has 3 aromatic rings. The molecule has 4 heteroatoms. The topological polar surface area (TPSA) is 37.3 Å². The van der Waals surface area contributed by atoms with Crippen LogP contribution >= 0.6 is 7.26 Å². The SMILES string of the molecule is O=C(O)/C=C/CC[P+](c1ccccc1)(c1ccccc1)c1ccccc1.[Br-]. The van der Waals surface area contributed by atoms with E-state index in [2.05, 4.69) is 72.8 Å². The molecule has 0 bridgehead atoms. The molecule has 0 aliphatic heterocycles. The van der Waals surface area contributed by atoms with Gasteiger partial charge in [0, 0.05) is 12.5 Å². The molecule has 0 atom stereocenters. The molecular formula is C23H22BrO2P. The largest absolute Gasteiger partial charge is 1.00 e. The molecule has 0 radical (unpaired) electrons. The molecule has 0 saturated heterocycles. The van der Waals surface area contributed by atoms with E-state index in [1.165, 1.54) is 22.0 Å². The number of aliphatic carboxylic acids is 1. The van der Waals surface area contributed by atoms with E-state index in [1.54, 1.807) is 6.08 Å². The van der Waals surface area contributed by atoms with Crippen LogP contribution in [0.15, 0.2) is 103 Å². The number of carbonyl (C=O) groups is 1. The molecule has 0 spiro atoms. The third-order valence-corrected chi connectivity index (χ3v) is 8.95. The molecule has 0 amide bonds. The Morgan fingerprint density at radius 3 is 1.44 bits per heavy atom. The van der Waals surface area contributed by atoms with E-state index in [1.807, 2.05) is 18.2 Å². The van der Waals surface area contributed by atoms with E-state index < -0.39 is 13.2 Å². The zero-order valence-electron chi connectivity index (χ0n) is 14.9.